The molecule has 0 bridgehead atoms. The molecule has 0 saturated heterocycles. The second kappa shape index (κ2) is 14.0. The lowest BCUT2D eigenvalue weighted by molar-refractivity contribution is -0.140. The average molecular weight is 530 g/mol. The minimum Gasteiger partial charge on any atom is -0.465 e. The van der Waals surface area contributed by atoms with Crippen molar-refractivity contribution in [1.29, 1.82) is 0 Å². The van der Waals surface area contributed by atoms with Crippen LogP contribution >= 0.6 is 23.4 Å². The summed E-state index contributed by atoms with van der Waals surface area (Å²) in [6, 6.07) is 11.3. The van der Waals surface area contributed by atoms with Crippen molar-refractivity contribution in [3.05, 3.63) is 65.4 Å². The molecule has 1 aromatic carbocycles. The van der Waals surface area contributed by atoms with Crippen LogP contribution in [0.25, 0.3) is 11.4 Å². The van der Waals surface area contributed by atoms with Crippen molar-refractivity contribution in [2.45, 2.75) is 18.5 Å². The number of halogens is 1. The second-order valence-electron chi connectivity index (χ2n) is 7.10. The number of ether oxygens (including phenoxy) is 2. The maximum absolute atomic E-state index is 12.1. The molecule has 36 heavy (non-hydrogen) atoms. The van der Waals surface area contributed by atoms with E-state index in [0.29, 0.717) is 23.0 Å². The van der Waals surface area contributed by atoms with Gasteiger partial charge in [-0.25, -0.2) is 19.6 Å². The fourth-order valence-electron chi connectivity index (χ4n) is 2.84. The quantitative estimate of drug-likeness (QED) is 0.162. The topological polar surface area (TPSA) is 132 Å². The fourth-order valence-corrected chi connectivity index (χ4v) is 3.66. The molecule has 2 N–H and O–H groups in total. The lowest BCUT2D eigenvalue weighted by atomic mass is 10.2. The number of esters is 2. The Labute approximate surface area is 217 Å². The zero-order valence-electron chi connectivity index (χ0n) is 19.4. The standard InChI is InChI=1S/C24H24ClN5O5S/c1-2-34-22(32)17-14-16(7-8-18(17)25)29-23(33)27-11-5-13-35-21(31)15-36-24-28-12-9-20(30-24)19-6-3-4-10-26-19/h3-4,6-10,12,14H,2,5,11,13,15H2,1H3,(H2,27,29,33). The molecule has 12 heteroatoms. The van der Waals surface area contributed by atoms with E-state index >= 15 is 0 Å². The number of nitrogens with zero attached hydrogens (tertiary/aromatic N) is 3. The molecule has 2 heterocycles. The first kappa shape index (κ1) is 26.9. The predicted molar refractivity (Wildman–Crippen MR) is 136 cm³/mol. The molecule has 0 aliphatic rings. The highest BCUT2D eigenvalue weighted by Crippen LogP contribution is 2.22. The number of carbonyl (C=O) groups excluding carboxylic acids is 3. The first-order valence-corrected chi connectivity index (χ1v) is 12.4. The first-order valence-electron chi connectivity index (χ1n) is 11.0. The number of pyridine rings is 1. The van der Waals surface area contributed by atoms with Crippen LogP contribution in [0, 0.1) is 0 Å². The lowest BCUT2D eigenvalue weighted by Crippen LogP contribution is -2.30. The van der Waals surface area contributed by atoms with Crippen LogP contribution in [-0.4, -0.2) is 58.4 Å². The molecule has 0 saturated carbocycles. The van der Waals surface area contributed by atoms with Crippen molar-refractivity contribution in [2.24, 2.45) is 0 Å². The van der Waals surface area contributed by atoms with Crippen LogP contribution in [0.2, 0.25) is 5.02 Å². The third-order valence-electron chi connectivity index (χ3n) is 4.47. The summed E-state index contributed by atoms with van der Waals surface area (Å²) in [5.74, 6) is -0.929. The van der Waals surface area contributed by atoms with Gasteiger partial charge in [-0.2, -0.15) is 0 Å². The summed E-state index contributed by atoms with van der Waals surface area (Å²) in [6.45, 7) is 2.32. The van der Waals surface area contributed by atoms with Crippen molar-refractivity contribution < 1.29 is 23.9 Å². The minimum atomic E-state index is -0.570. The van der Waals surface area contributed by atoms with Crippen molar-refractivity contribution in [3.8, 4) is 11.4 Å². The highest BCUT2D eigenvalue weighted by atomic mass is 35.5. The fraction of sp³-hybridized carbons (Fsp3) is 0.250. The monoisotopic (exact) mass is 529 g/mol. The SMILES string of the molecule is CCOC(=O)c1cc(NC(=O)NCCCOC(=O)CSc2nccc(-c3ccccn3)n2)ccc1Cl. The summed E-state index contributed by atoms with van der Waals surface area (Å²) >= 11 is 7.18. The maximum Gasteiger partial charge on any atom is 0.339 e. The number of anilines is 1. The molecule has 2 amide bonds. The van der Waals surface area contributed by atoms with Crippen LogP contribution < -0.4 is 10.6 Å². The van der Waals surface area contributed by atoms with E-state index in [9.17, 15) is 14.4 Å². The summed E-state index contributed by atoms with van der Waals surface area (Å²) in [7, 11) is 0. The Morgan fingerprint density at radius 1 is 1.03 bits per heavy atom. The third kappa shape index (κ3) is 8.51. The Kier molecular flexibility index (Phi) is 10.5. The van der Waals surface area contributed by atoms with Gasteiger partial charge in [-0.1, -0.05) is 29.4 Å². The van der Waals surface area contributed by atoms with Crippen LogP contribution in [0.5, 0.6) is 0 Å². The molecule has 0 atom stereocenters. The van der Waals surface area contributed by atoms with Gasteiger partial charge in [0.05, 0.1) is 40.9 Å². The van der Waals surface area contributed by atoms with E-state index in [2.05, 4.69) is 25.6 Å². The van der Waals surface area contributed by atoms with Crippen LogP contribution in [0.15, 0.2) is 60.0 Å². The molecule has 3 aromatic rings. The molecule has 0 radical (unpaired) electrons. The smallest absolute Gasteiger partial charge is 0.339 e. The van der Waals surface area contributed by atoms with E-state index in [1.165, 1.54) is 23.9 Å². The van der Waals surface area contributed by atoms with E-state index in [0.717, 1.165) is 5.69 Å². The Morgan fingerprint density at radius 3 is 2.67 bits per heavy atom. The number of rotatable bonds is 11. The summed E-state index contributed by atoms with van der Waals surface area (Å²) < 4.78 is 10.1. The molecule has 0 spiro atoms. The molecule has 2 aromatic heterocycles. The van der Waals surface area contributed by atoms with Gasteiger partial charge in [0.1, 0.15) is 0 Å². The zero-order chi connectivity index (χ0) is 25.8. The van der Waals surface area contributed by atoms with Crippen LogP contribution in [-0.2, 0) is 14.3 Å². The average Bonchev–Trinajstić information content (AvgIpc) is 2.89. The third-order valence-corrected chi connectivity index (χ3v) is 5.63. The Hall–Kier alpha value is -3.70. The van der Waals surface area contributed by atoms with Crippen molar-refractivity contribution in [3.63, 3.8) is 0 Å². The zero-order valence-corrected chi connectivity index (χ0v) is 21.0. The van der Waals surface area contributed by atoms with Gasteiger partial charge in [-0.3, -0.25) is 9.78 Å². The van der Waals surface area contributed by atoms with Gasteiger partial charge in [0, 0.05) is 24.6 Å². The largest absolute Gasteiger partial charge is 0.465 e. The second-order valence-corrected chi connectivity index (χ2v) is 8.45. The summed E-state index contributed by atoms with van der Waals surface area (Å²) in [5, 5.41) is 5.94. The van der Waals surface area contributed by atoms with Gasteiger partial charge in [0.2, 0.25) is 0 Å². The summed E-state index contributed by atoms with van der Waals surface area (Å²) in [5.41, 5.74) is 1.94. The molecule has 10 nitrogen and oxygen atoms in total. The summed E-state index contributed by atoms with van der Waals surface area (Å²) in [6.07, 6.45) is 3.72. The number of carbonyl (C=O) groups is 3. The number of hydrogen-bond donors (Lipinski definition) is 2. The maximum atomic E-state index is 12.1. The van der Waals surface area contributed by atoms with Gasteiger partial charge in [0.15, 0.2) is 5.16 Å². The Balaban J connectivity index is 1.34. The molecule has 0 fully saturated rings. The molecule has 0 aliphatic heterocycles. The van der Waals surface area contributed by atoms with Crippen molar-refractivity contribution >= 4 is 47.0 Å². The van der Waals surface area contributed by atoms with Crippen LogP contribution in [0.1, 0.15) is 23.7 Å². The Bertz CT molecular complexity index is 1200. The van der Waals surface area contributed by atoms with E-state index in [1.54, 1.807) is 31.5 Å². The normalized spacial score (nSPS) is 10.4. The van der Waals surface area contributed by atoms with Crippen molar-refractivity contribution in [2.75, 3.05) is 30.8 Å². The number of benzene rings is 1. The van der Waals surface area contributed by atoms with Gasteiger partial charge in [0.25, 0.3) is 0 Å². The van der Waals surface area contributed by atoms with Crippen LogP contribution in [0.4, 0.5) is 10.5 Å². The number of amides is 2. The van der Waals surface area contributed by atoms with E-state index in [-0.39, 0.29) is 36.1 Å². The van der Waals surface area contributed by atoms with Gasteiger partial charge >= 0.3 is 18.0 Å². The first-order chi connectivity index (χ1) is 17.5. The molecular formula is C24H24ClN5O5S. The Morgan fingerprint density at radius 2 is 1.89 bits per heavy atom. The number of hydrogen-bond acceptors (Lipinski definition) is 9. The van der Waals surface area contributed by atoms with Crippen molar-refractivity contribution in [1.82, 2.24) is 20.3 Å². The molecule has 0 unspecified atom stereocenters. The van der Waals surface area contributed by atoms with Crippen LogP contribution in [0.3, 0.4) is 0 Å². The lowest BCUT2D eigenvalue weighted by Gasteiger charge is -2.10. The minimum absolute atomic E-state index is 0.0545. The van der Waals surface area contributed by atoms with E-state index in [4.69, 9.17) is 21.1 Å². The molecule has 188 valence electrons. The molecular weight excluding hydrogens is 506 g/mol. The van der Waals surface area contributed by atoms with Gasteiger partial charge in [-0.15, -0.1) is 0 Å². The summed E-state index contributed by atoms with van der Waals surface area (Å²) in [4.78, 5) is 48.8. The predicted octanol–water partition coefficient (Wildman–Crippen LogP) is 4.22. The van der Waals surface area contributed by atoms with E-state index < -0.39 is 18.0 Å². The molecule has 0 aliphatic carbocycles. The molecule has 3 rings (SSSR count). The number of nitrogens with one attached hydrogen (secondary N) is 2. The van der Waals surface area contributed by atoms with Gasteiger partial charge < -0.3 is 20.1 Å². The highest BCUT2D eigenvalue weighted by Gasteiger charge is 2.13. The highest BCUT2D eigenvalue weighted by molar-refractivity contribution is 7.99. The number of aromatic nitrogens is 3. The number of thioether (sulfide) groups is 1. The number of urea groups is 1. The van der Waals surface area contributed by atoms with E-state index in [1.807, 2.05) is 18.2 Å². The van der Waals surface area contributed by atoms with Gasteiger partial charge in [-0.05, 0) is 49.7 Å².